The molecule has 0 amide bonds. The first kappa shape index (κ1) is 13.4. The van der Waals surface area contributed by atoms with Crippen molar-refractivity contribution >= 4 is 0 Å². The highest BCUT2D eigenvalue weighted by Gasteiger charge is 2.07. The van der Waals surface area contributed by atoms with Crippen LogP contribution in [-0.2, 0) is 6.42 Å². The minimum Gasteiger partial charge on any atom is -0.490 e. The molecule has 3 heteroatoms. The van der Waals surface area contributed by atoms with Gasteiger partial charge in [-0.1, -0.05) is 12.0 Å². The third-order valence-electron chi connectivity index (χ3n) is 2.18. The van der Waals surface area contributed by atoms with E-state index < -0.39 is 0 Å². The van der Waals surface area contributed by atoms with E-state index in [0.29, 0.717) is 12.4 Å². The molecule has 17 heavy (non-hydrogen) atoms. The van der Waals surface area contributed by atoms with Gasteiger partial charge in [-0.3, -0.25) is 0 Å². The average molecular weight is 233 g/mol. The largest absolute Gasteiger partial charge is 0.490 e. The summed E-state index contributed by atoms with van der Waals surface area (Å²) < 4.78 is 10.9. The fraction of sp³-hybridized carbons (Fsp3) is 0.429. The van der Waals surface area contributed by atoms with E-state index in [4.69, 9.17) is 21.6 Å². The van der Waals surface area contributed by atoms with Crippen LogP contribution in [0.1, 0.15) is 19.4 Å². The fourth-order valence-electron chi connectivity index (χ4n) is 1.56. The molecule has 0 aliphatic heterocycles. The number of nitrogens with two attached hydrogens (primary N) is 1. The fourth-order valence-corrected chi connectivity index (χ4v) is 1.56. The highest BCUT2D eigenvalue weighted by atomic mass is 16.5. The summed E-state index contributed by atoms with van der Waals surface area (Å²) >= 11 is 0. The van der Waals surface area contributed by atoms with E-state index in [1.54, 1.807) is 0 Å². The topological polar surface area (TPSA) is 44.5 Å². The molecule has 0 spiro atoms. The van der Waals surface area contributed by atoms with Gasteiger partial charge in [0.2, 0.25) is 0 Å². The number of rotatable bonds is 6. The summed E-state index contributed by atoms with van der Waals surface area (Å²) in [5.74, 6) is 3.84. The highest BCUT2D eigenvalue weighted by Crippen LogP contribution is 2.28. The zero-order valence-electron chi connectivity index (χ0n) is 10.4. The number of ether oxygens (including phenoxy) is 2. The standard InChI is InChI=1S/C14H19NO2/c1-4-8-17-13-7-6-12(9-11(3)15)10-14(13)16-5-2/h1,6-7,10-11H,5,8-9,15H2,2-3H3. The molecule has 0 aliphatic rings. The Hall–Kier alpha value is -1.66. The second kappa shape index (κ2) is 6.82. The molecule has 0 aliphatic carbocycles. The molecule has 1 unspecified atom stereocenters. The lowest BCUT2D eigenvalue weighted by Gasteiger charge is -2.13. The normalized spacial score (nSPS) is 11.6. The summed E-state index contributed by atoms with van der Waals surface area (Å²) in [6, 6.07) is 5.94. The Morgan fingerprint density at radius 3 is 2.71 bits per heavy atom. The monoisotopic (exact) mass is 233 g/mol. The van der Waals surface area contributed by atoms with E-state index >= 15 is 0 Å². The molecule has 1 aromatic rings. The Kier molecular flexibility index (Phi) is 5.38. The van der Waals surface area contributed by atoms with Gasteiger partial charge < -0.3 is 15.2 Å². The summed E-state index contributed by atoms with van der Waals surface area (Å²) in [4.78, 5) is 0. The van der Waals surface area contributed by atoms with Gasteiger partial charge in [-0.25, -0.2) is 0 Å². The molecule has 2 N–H and O–H groups in total. The quantitative estimate of drug-likeness (QED) is 0.764. The first-order chi connectivity index (χ1) is 8.17. The molecule has 3 nitrogen and oxygen atoms in total. The summed E-state index contributed by atoms with van der Waals surface area (Å²) in [6.07, 6.45) is 5.98. The van der Waals surface area contributed by atoms with Crippen LogP contribution < -0.4 is 15.2 Å². The van der Waals surface area contributed by atoms with Crippen molar-refractivity contribution in [2.24, 2.45) is 5.73 Å². The second-order valence-electron chi connectivity index (χ2n) is 3.89. The number of hydrogen-bond donors (Lipinski definition) is 1. The Bertz CT molecular complexity index is 394. The van der Waals surface area contributed by atoms with E-state index in [0.717, 1.165) is 17.7 Å². The lowest BCUT2D eigenvalue weighted by molar-refractivity contribution is 0.299. The summed E-state index contributed by atoms with van der Waals surface area (Å²) in [7, 11) is 0. The van der Waals surface area contributed by atoms with Gasteiger partial charge in [0, 0.05) is 6.04 Å². The van der Waals surface area contributed by atoms with E-state index in [1.165, 1.54) is 0 Å². The van der Waals surface area contributed by atoms with E-state index in [1.807, 2.05) is 32.0 Å². The van der Waals surface area contributed by atoms with Crippen molar-refractivity contribution in [3.05, 3.63) is 23.8 Å². The molecule has 0 saturated heterocycles. The molecule has 1 rings (SSSR count). The lowest BCUT2D eigenvalue weighted by Crippen LogP contribution is -2.17. The zero-order valence-corrected chi connectivity index (χ0v) is 10.4. The molecule has 0 heterocycles. The van der Waals surface area contributed by atoms with E-state index in [9.17, 15) is 0 Å². The van der Waals surface area contributed by atoms with Gasteiger partial charge in [-0.05, 0) is 38.0 Å². The predicted molar refractivity (Wildman–Crippen MR) is 69.3 cm³/mol. The van der Waals surface area contributed by atoms with Crippen LogP contribution in [-0.4, -0.2) is 19.3 Å². The Labute approximate surface area is 103 Å². The van der Waals surface area contributed by atoms with Gasteiger partial charge in [0.1, 0.15) is 6.61 Å². The Morgan fingerprint density at radius 2 is 2.12 bits per heavy atom. The Morgan fingerprint density at radius 1 is 1.35 bits per heavy atom. The van der Waals surface area contributed by atoms with Gasteiger partial charge in [-0.15, -0.1) is 6.42 Å². The van der Waals surface area contributed by atoms with Gasteiger partial charge in [0.25, 0.3) is 0 Å². The van der Waals surface area contributed by atoms with Crippen molar-refractivity contribution < 1.29 is 9.47 Å². The van der Waals surface area contributed by atoms with Gasteiger partial charge in [-0.2, -0.15) is 0 Å². The lowest BCUT2D eigenvalue weighted by atomic mass is 10.1. The first-order valence-electron chi connectivity index (χ1n) is 5.75. The third kappa shape index (κ3) is 4.38. The molecule has 0 radical (unpaired) electrons. The maximum Gasteiger partial charge on any atom is 0.162 e. The average Bonchev–Trinajstić information content (AvgIpc) is 2.28. The molecular formula is C14H19NO2. The van der Waals surface area contributed by atoms with Crippen LogP contribution in [0.4, 0.5) is 0 Å². The molecule has 1 aromatic carbocycles. The van der Waals surface area contributed by atoms with Crippen molar-refractivity contribution in [3.8, 4) is 23.8 Å². The van der Waals surface area contributed by atoms with Crippen molar-refractivity contribution in [1.29, 1.82) is 0 Å². The van der Waals surface area contributed by atoms with Gasteiger partial charge in [0.15, 0.2) is 11.5 Å². The van der Waals surface area contributed by atoms with Gasteiger partial charge >= 0.3 is 0 Å². The molecule has 1 atom stereocenters. The van der Waals surface area contributed by atoms with Crippen LogP contribution in [0, 0.1) is 12.3 Å². The maximum atomic E-state index is 5.77. The number of hydrogen-bond acceptors (Lipinski definition) is 3. The summed E-state index contributed by atoms with van der Waals surface area (Å²) in [5.41, 5.74) is 6.90. The number of benzene rings is 1. The van der Waals surface area contributed by atoms with Crippen LogP contribution in [0.2, 0.25) is 0 Å². The smallest absolute Gasteiger partial charge is 0.162 e. The highest BCUT2D eigenvalue weighted by molar-refractivity contribution is 5.43. The van der Waals surface area contributed by atoms with Crippen molar-refractivity contribution in [1.82, 2.24) is 0 Å². The minimum atomic E-state index is 0.127. The van der Waals surface area contributed by atoms with E-state index in [-0.39, 0.29) is 12.6 Å². The SMILES string of the molecule is C#CCOc1ccc(CC(C)N)cc1OCC. The van der Waals surface area contributed by atoms with Crippen molar-refractivity contribution in [2.75, 3.05) is 13.2 Å². The predicted octanol–water partition coefficient (Wildman–Crippen LogP) is 1.99. The van der Waals surface area contributed by atoms with Gasteiger partial charge in [0.05, 0.1) is 6.61 Å². The zero-order chi connectivity index (χ0) is 12.7. The van der Waals surface area contributed by atoms with Crippen molar-refractivity contribution in [2.45, 2.75) is 26.3 Å². The van der Waals surface area contributed by atoms with Crippen LogP contribution in [0.3, 0.4) is 0 Å². The first-order valence-corrected chi connectivity index (χ1v) is 5.75. The molecule has 0 fully saturated rings. The molecular weight excluding hydrogens is 214 g/mol. The molecule has 0 bridgehead atoms. The van der Waals surface area contributed by atoms with Crippen LogP contribution in [0.5, 0.6) is 11.5 Å². The molecule has 0 saturated carbocycles. The van der Waals surface area contributed by atoms with E-state index in [2.05, 4.69) is 5.92 Å². The Balaban J connectivity index is 2.87. The second-order valence-corrected chi connectivity index (χ2v) is 3.89. The summed E-state index contributed by atoms with van der Waals surface area (Å²) in [6.45, 7) is 4.74. The third-order valence-corrected chi connectivity index (χ3v) is 2.18. The van der Waals surface area contributed by atoms with Crippen LogP contribution in [0.15, 0.2) is 18.2 Å². The van der Waals surface area contributed by atoms with Crippen LogP contribution >= 0.6 is 0 Å². The molecule has 92 valence electrons. The van der Waals surface area contributed by atoms with Crippen molar-refractivity contribution in [3.63, 3.8) is 0 Å². The summed E-state index contributed by atoms with van der Waals surface area (Å²) in [5, 5.41) is 0. The molecule has 0 aromatic heterocycles. The maximum absolute atomic E-state index is 5.77. The number of terminal acetylenes is 1. The minimum absolute atomic E-state index is 0.127. The van der Waals surface area contributed by atoms with Crippen LogP contribution in [0.25, 0.3) is 0 Å².